The molecule has 0 saturated carbocycles. The smallest absolute Gasteiger partial charge is 0.164 e. The number of aliphatic hydroxyl groups excluding tert-OH is 5. The van der Waals surface area contributed by atoms with Crippen molar-refractivity contribution in [3.63, 3.8) is 0 Å². The van der Waals surface area contributed by atoms with Gasteiger partial charge >= 0.3 is 0 Å². The van der Waals surface area contributed by atoms with Gasteiger partial charge in [0.15, 0.2) is 5.78 Å². The summed E-state index contributed by atoms with van der Waals surface area (Å²) in [5, 5.41) is 47.0. The number of carbonyl (C=O) groups excluding carboxylic acids is 1. The van der Waals surface area contributed by atoms with E-state index < -0.39 is 36.8 Å². The van der Waals surface area contributed by atoms with Gasteiger partial charge in [-0.05, 0) is 12.8 Å². The Morgan fingerprint density at radius 1 is 0.636 bits per heavy atom. The monoisotopic (exact) mass is 476 g/mol. The number of unbranched alkanes of at least 4 members (excludes halogenated alkanes) is 14. The van der Waals surface area contributed by atoms with Gasteiger partial charge in [-0.1, -0.05) is 96.8 Å². The van der Waals surface area contributed by atoms with Gasteiger partial charge in [-0.2, -0.15) is 0 Å². The molecule has 0 heterocycles. The van der Waals surface area contributed by atoms with E-state index in [4.69, 9.17) is 9.84 Å². The van der Waals surface area contributed by atoms with E-state index in [2.05, 4.69) is 6.92 Å². The first kappa shape index (κ1) is 32.4. The number of Topliss-reactive ketones (excluding diaryl/α,β-unsaturated/α-hetero) is 1. The van der Waals surface area contributed by atoms with Crippen molar-refractivity contribution in [3.05, 3.63) is 0 Å². The molecule has 0 amide bonds. The number of carbonyl (C=O) groups is 1. The molecule has 33 heavy (non-hydrogen) atoms. The lowest BCUT2D eigenvalue weighted by Crippen LogP contribution is -2.48. The summed E-state index contributed by atoms with van der Waals surface area (Å²) in [6, 6.07) is 0. The number of rotatable bonds is 25. The lowest BCUT2D eigenvalue weighted by molar-refractivity contribution is -0.147. The summed E-state index contributed by atoms with van der Waals surface area (Å²) in [7, 11) is 0. The number of ether oxygens (including phenoxy) is 1. The van der Waals surface area contributed by atoms with E-state index in [1.54, 1.807) is 0 Å². The highest BCUT2D eigenvalue weighted by Gasteiger charge is 2.33. The van der Waals surface area contributed by atoms with Crippen LogP contribution in [0.2, 0.25) is 0 Å². The van der Waals surface area contributed by atoms with Gasteiger partial charge in [-0.3, -0.25) is 4.79 Å². The SMILES string of the molecule is CCCCCCCCCCCCCCCCCOCCCC(=O)[C@H](O)[C@@H](O)[C@H](O)[C@H](O)CO. The minimum Gasteiger partial charge on any atom is -0.394 e. The lowest BCUT2D eigenvalue weighted by atomic mass is 9.98. The summed E-state index contributed by atoms with van der Waals surface area (Å²) >= 11 is 0. The molecule has 0 unspecified atom stereocenters. The number of hydrogen-bond donors (Lipinski definition) is 5. The van der Waals surface area contributed by atoms with Crippen molar-refractivity contribution in [1.82, 2.24) is 0 Å². The molecule has 0 aromatic rings. The summed E-state index contributed by atoms with van der Waals surface area (Å²) in [5.74, 6) is -0.623. The van der Waals surface area contributed by atoms with Crippen LogP contribution in [0, 0.1) is 0 Å². The molecule has 0 bridgehead atoms. The number of aliphatic hydroxyl groups is 5. The summed E-state index contributed by atoms with van der Waals surface area (Å²) in [4.78, 5) is 11.9. The van der Waals surface area contributed by atoms with Crippen molar-refractivity contribution in [1.29, 1.82) is 0 Å². The third-order valence-corrected chi connectivity index (χ3v) is 6.19. The van der Waals surface area contributed by atoms with Gasteiger partial charge in [0.2, 0.25) is 0 Å². The Balaban J connectivity index is 3.40. The van der Waals surface area contributed by atoms with Crippen LogP contribution in [-0.4, -0.2) is 75.6 Å². The topological polar surface area (TPSA) is 127 Å². The average Bonchev–Trinajstić information content (AvgIpc) is 2.83. The lowest BCUT2D eigenvalue weighted by Gasteiger charge is -2.24. The predicted octanol–water partition coefficient (Wildman–Crippen LogP) is 3.66. The van der Waals surface area contributed by atoms with Crippen molar-refractivity contribution in [2.24, 2.45) is 0 Å². The van der Waals surface area contributed by atoms with Crippen LogP contribution in [0.1, 0.15) is 116 Å². The zero-order chi connectivity index (χ0) is 24.7. The molecule has 0 aliphatic rings. The summed E-state index contributed by atoms with van der Waals surface area (Å²) < 4.78 is 5.52. The predicted molar refractivity (Wildman–Crippen MR) is 131 cm³/mol. The molecular weight excluding hydrogens is 424 g/mol. The van der Waals surface area contributed by atoms with Crippen molar-refractivity contribution in [3.8, 4) is 0 Å². The molecule has 0 radical (unpaired) electrons. The quantitative estimate of drug-likeness (QED) is 0.127. The molecule has 0 aromatic heterocycles. The van der Waals surface area contributed by atoms with Crippen LogP contribution in [0.3, 0.4) is 0 Å². The van der Waals surface area contributed by atoms with E-state index in [-0.39, 0.29) is 6.42 Å². The Kier molecular flexibility index (Phi) is 22.8. The fourth-order valence-electron chi connectivity index (χ4n) is 3.89. The third-order valence-electron chi connectivity index (χ3n) is 6.19. The first-order chi connectivity index (χ1) is 16.0. The van der Waals surface area contributed by atoms with Crippen LogP contribution >= 0.6 is 0 Å². The molecule has 0 rings (SSSR count). The molecule has 0 aromatic carbocycles. The highest BCUT2D eigenvalue weighted by atomic mass is 16.5. The fourth-order valence-corrected chi connectivity index (χ4v) is 3.89. The van der Waals surface area contributed by atoms with E-state index in [0.29, 0.717) is 19.6 Å². The van der Waals surface area contributed by atoms with Crippen LogP contribution in [0.5, 0.6) is 0 Å². The second-order valence-corrected chi connectivity index (χ2v) is 9.31. The van der Waals surface area contributed by atoms with Gasteiger partial charge in [0.05, 0.1) is 6.61 Å². The number of ketones is 1. The van der Waals surface area contributed by atoms with Gasteiger partial charge in [0, 0.05) is 19.6 Å². The maximum absolute atomic E-state index is 11.9. The molecule has 0 aliphatic heterocycles. The maximum Gasteiger partial charge on any atom is 0.164 e. The molecule has 5 N–H and O–H groups in total. The second-order valence-electron chi connectivity index (χ2n) is 9.31. The first-order valence-electron chi connectivity index (χ1n) is 13.4. The van der Waals surface area contributed by atoms with Crippen molar-refractivity contribution >= 4 is 5.78 Å². The van der Waals surface area contributed by atoms with E-state index in [1.807, 2.05) is 0 Å². The van der Waals surface area contributed by atoms with E-state index in [0.717, 1.165) is 12.8 Å². The maximum atomic E-state index is 11.9. The Labute approximate surface area is 201 Å². The molecule has 0 fully saturated rings. The van der Waals surface area contributed by atoms with E-state index in [1.165, 1.54) is 83.5 Å². The summed E-state index contributed by atoms with van der Waals surface area (Å²) in [5.41, 5.74) is 0. The Bertz CT molecular complexity index is 433. The van der Waals surface area contributed by atoms with E-state index in [9.17, 15) is 25.2 Å². The standard InChI is InChI=1S/C26H52O7/c1-2-3-4-5-6-7-8-9-10-11-12-13-14-15-16-19-33-20-17-18-22(28)24(30)26(32)25(31)23(29)21-27/h23-27,29-32H,2-21H2,1H3/t23-,24+,25-,26-/m1/s1. The normalized spacial score (nSPS) is 15.3. The molecule has 7 heteroatoms. The van der Waals surface area contributed by atoms with Crippen LogP contribution in [0.25, 0.3) is 0 Å². The Morgan fingerprint density at radius 3 is 1.52 bits per heavy atom. The van der Waals surface area contributed by atoms with Crippen molar-refractivity contribution < 1.29 is 35.1 Å². The molecular formula is C26H52O7. The van der Waals surface area contributed by atoms with E-state index >= 15 is 0 Å². The van der Waals surface area contributed by atoms with Crippen molar-refractivity contribution in [2.75, 3.05) is 19.8 Å². The van der Waals surface area contributed by atoms with Gasteiger partial charge in [0.25, 0.3) is 0 Å². The summed E-state index contributed by atoms with van der Waals surface area (Å²) in [6.07, 6.45) is 13.2. The molecule has 7 nitrogen and oxygen atoms in total. The van der Waals surface area contributed by atoms with Gasteiger partial charge < -0.3 is 30.3 Å². The van der Waals surface area contributed by atoms with Gasteiger partial charge in [0.1, 0.15) is 24.4 Å². The summed E-state index contributed by atoms with van der Waals surface area (Å²) in [6.45, 7) is 2.54. The van der Waals surface area contributed by atoms with Crippen LogP contribution in [-0.2, 0) is 9.53 Å². The second kappa shape index (κ2) is 23.2. The fraction of sp³-hybridized carbons (Fsp3) is 0.962. The zero-order valence-electron chi connectivity index (χ0n) is 21.0. The Hall–Kier alpha value is -0.570. The van der Waals surface area contributed by atoms with Crippen molar-refractivity contribution in [2.45, 2.75) is 140 Å². The highest BCUT2D eigenvalue weighted by Crippen LogP contribution is 2.13. The van der Waals surface area contributed by atoms with Gasteiger partial charge in [-0.15, -0.1) is 0 Å². The average molecular weight is 477 g/mol. The number of hydrogen-bond acceptors (Lipinski definition) is 7. The van der Waals surface area contributed by atoms with Gasteiger partial charge in [-0.25, -0.2) is 0 Å². The molecule has 0 aliphatic carbocycles. The molecule has 198 valence electrons. The largest absolute Gasteiger partial charge is 0.394 e. The minimum absolute atomic E-state index is 0.0129. The third kappa shape index (κ3) is 18.4. The van der Waals surface area contributed by atoms with Crippen LogP contribution < -0.4 is 0 Å². The van der Waals surface area contributed by atoms with Crippen LogP contribution in [0.15, 0.2) is 0 Å². The van der Waals surface area contributed by atoms with Crippen LogP contribution in [0.4, 0.5) is 0 Å². The first-order valence-corrected chi connectivity index (χ1v) is 13.4. The minimum atomic E-state index is -1.83. The molecule has 0 saturated heterocycles. The molecule has 4 atom stereocenters. The zero-order valence-corrected chi connectivity index (χ0v) is 21.0. The highest BCUT2D eigenvalue weighted by molar-refractivity contribution is 5.83. The molecule has 0 spiro atoms. The Morgan fingerprint density at radius 2 is 1.06 bits per heavy atom.